The van der Waals surface area contributed by atoms with E-state index in [1.165, 1.54) is 0 Å². The maximum atomic E-state index is 14.0. The minimum absolute atomic E-state index is 0.197. The predicted octanol–water partition coefficient (Wildman–Crippen LogP) is 7.79. The summed E-state index contributed by atoms with van der Waals surface area (Å²) in [6, 6.07) is 19.0. The maximum absolute atomic E-state index is 14.0. The van der Waals surface area contributed by atoms with Crippen LogP contribution < -0.4 is 0 Å². The van der Waals surface area contributed by atoms with Crippen molar-refractivity contribution in [3.8, 4) is 5.75 Å². The number of hydrogen-bond donors (Lipinski definition) is 1. The molecule has 1 aliphatic rings. The number of benzene rings is 3. The van der Waals surface area contributed by atoms with E-state index in [0.717, 1.165) is 56.5 Å². The highest BCUT2D eigenvalue weighted by Crippen LogP contribution is 2.38. The molecule has 0 amide bonds. The van der Waals surface area contributed by atoms with Crippen molar-refractivity contribution >= 4 is 38.3 Å². The number of phenolic OH excluding ortho intramolecular Hbond substituents is 1. The van der Waals surface area contributed by atoms with E-state index in [1.807, 2.05) is 35.8 Å². The van der Waals surface area contributed by atoms with Crippen molar-refractivity contribution in [1.29, 1.82) is 0 Å². The number of rotatable bonds is 3. The Morgan fingerprint density at radius 2 is 1.69 bits per heavy atom. The van der Waals surface area contributed by atoms with E-state index < -0.39 is 0 Å². The first-order valence-corrected chi connectivity index (χ1v) is 11.5. The van der Waals surface area contributed by atoms with Crippen molar-refractivity contribution < 1.29 is 9.50 Å². The Bertz CT molecular complexity index is 1410. The van der Waals surface area contributed by atoms with Gasteiger partial charge < -0.3 is 5.11 Å². The molecule has 0 saturated heterocycles. The van der Waals surface area contributed by atoms with Gasteiger partial charge in [-0.25, -0.2) is 9.37 Å². The number of aromatic nitrogens is 1. The van der Waals surface area contributed by atoms with E-state index >= 15 is 0 Å². The number of aryl methyl sites for hydroxylation is 1. The second kappa shape index (κ2) is 8.56. The Labute approximate surface area is 190 Å². The standard InChI is InChI=1S/C28H22FNOS/c1-18-13-21(9-11-26(18)29)24-8-3-2-5-20(19-6-4-7-23(31)14-19)15-25(24)22-10-12-27-28(16-22)32-17-30-27/h4-17,31H,2-3H2,1H3/b20-5?,24-8+,25-15-. The third-order valence-corrected chi connectivity index (χ3v) is 6.55. The molecule has 0 saturated carbocycles. The zero-order chi connectivity index (χ0) is 22.1. The summed E-state index contributed by atoms with van der Waals surface area (Å²) in [7, 11) is 0. The topological polar surface area (TPSA) is 33.1 Å². The lowest BCUT2D eigenvalue weighted by Crippen LogP contribution is -1.96. The van der Waals surface area contributed by atoms with Crippen LogP contribution >= 0.6 is 11.3 Å². The van der Waals surface area contributed by atoms with E-state index in [2.05, 4.69) is 35.3 Å². The largest absolute Gasteiger partial charge is 0.508 e. The van der Waals surface area contributed by atoms with Gasteiger partial charge in [0.25, 0.3) is 0 Å². The zero-order valence-corrected chi connectivity index (χ0v) is 18.5. The second-order valence-corrected chi connectivity index (χ2v) is 8.85. The first-order chi connectivity index (χ1) is 15.6. The fourth-order valence-corrected chi connectivity index (χ4v) is 4.82. The van der Waals surface area contributed by atoms with E-state index in [9.17, 15) is 9.50 Å². The fraction of sp³-hybridized carbons (Fsp3) is 0.107. The van der Waals surface area contributed by atoms with Crippen molar-refractivity contribution in [3.05, 3.63) is 112 Å². The molecule has 5 rings (SSSR count). The van der Waals surface area contributed by atoms with Crippen LogP contribution in [0.1, 0.15) is 35.1 Å². The van der Waals surface area contributed by atoms with Crippen LogP contribution in [0, 0.1) is 12.7 Å². The molecule has 1 aromatic heterocycles. The molecule has 32 heavy (non-hydrogen) atoms. The summed E-state index contributed by atoms with van der Waals surface area (Å²) in [6.07, 6.45) is 8.38. The second-order valence-electron chi connectivity index (χ2n) is 7.96. The lowest BCUT2D eigenvalue weighted by atomic mass is 9.86. The van der Waals surface area contributed by atoms with Gasteiger partial charge in [0.15, 0.2) is 0 Å². The van der Waals surface area contributed by atoms with Gasteiger partial charge in [-0.1, -0.05) is 36.4 Å². The zero-order valence-electron chi connectivity index (χ0n) is 17.7. The lowest BCUT2D eigenvalue weighted by molar-refractivity contribution is 0.475. The lowest BCUT2D eigenvalue weighted by Gasteiger charge is -2.18. The van der Waals surface area contributed by atoms with Crippen LogP contribution in [-0.4, -0.2) is 10.1 Å². The SMILES string of the molecule is Cc1cc(C2=C\CCC=C(c3cccc(O)c3)/C=C\2c2ccc3ncsc3c2)ccc1F. The first-order valence-electron chi connectivity index (χ1n) is 10.6. The Hall–Kier alpha value is -3.50. The molecule has 0 radical (unpaired) electrons. The molecule has 0 fully saturated rings. The van der Waals surface area contributed by atoms with Crippen molar-refractivity contribution in [2.45, 2.75) is 19.8 Å². The number of halogens is 1. The Morgan fingerprint density at radius 1 is 0.875 bits per heavy atom. The van der Waals surface area contributed by atoms with Gasteiger partial charge in [0, 0.05) is 0 Å². The molecule has 1 aliphatic carbocycles. The first kappa shape index (κ1) is 20.4. The van der Waals surface area contributed by atoms with Gasteiger partial charge in [-0.15, -0.1) is 11.3 Å². The van der Waals surface area contributed by atoms with Gasteiger partial charge in [-0.3, -0.25) is 0 Å². The molecule has 158 valence electrons. The molecule has 0 atom stereocenters. The Morgan fingerprint density at radius 3 is 2.53 bits per heavy atom. The predicted molar refractivity (Wildman–Crippen MR) is 132 cm³/mol. The summed E-state index contributed by atoms with van der Waals surface area (Å²) in [4.78, 5) is 4.41. The fourth-order valence-electron chi connectivity index (χ4n) is 4.10. The third kappa shape index (κ3) is 4.02. The number of fused-ring (bicyclic) bond motifs is 1. The highest BCUT2D eigenvalue weighted by molar-refractivity contribution is 7.16. The van der Waals surface area contributed by atoms with E-state index in [4.69, 9.17) is 0 Å². The van der Waals surface area contributed by atoms with Gasteiger partial charge in [-0.05, 0) is 101 Å². The number of thiazole rings is 1. The maximum Gasteiger partial charge on any atom is 0.126 e. The van der Waals surface area contributed by atoms with Gasteiger partial charge in [0.2, 0.25) is 0 Å². The number of allylic oxidation sites excluding steroid dienone is 6. The van der Waals surface area contributed by atoms with Gasteiger partial charge >= 0.3 is 0 Å². The van der Waals surface area contributed by atoms with Gasteiger partial charge in [0.05, 0.1) is 15.7 Å². The summed E-state index contributed by atoms with van der Waals surface area (Å²) in [6.45, 7) is 1.80. The number of hydrogen-bond acceptors (Lipinski definition) is 3. The van der Waals surface area contributed by atoms with Crippen LogP contribution in [0.3, 0.4) is 0 Å². The summed E-state index contributed by atoms with van der Waals surface area (Å²) in [5.74, 6) is 0.0496. The van der Waals surface area contributed by atoms with Crippen molar-refractivity contribution in [1.82, 2.24) is 4.98 Å². The van der Waals surface area contributed by atoms with Crippen LogP contribution in [0.5, 0.6) is 5.75 Å². The molecule has 2 nitrogen and oxygen atoms in total. The van der Waals surface area contributed by atoms with Crippen molar-refractivity contribution in [3.63, 3.8) is 0 Å². The molecule has 0 aliphatic heterocycles. The molecular weight excluding hydrogens is 417 g/mol. The molecule has 0 spiro atoms. The summed E-state index contributed by atoms with van der Waals surface area (Å²) < 4.78 is 15.1. The van der Waals surface area contributed by atoms with Crippen LogP contribution in [-0.2, 0) is 0 Å². The van der Waals surface area contributed by atoms with Crippen LogP contribution in [0.4, 0.5) is 4.39 Å². The van der Waals surface area contributed by atoms with E-state index in [1.54, 1.807) is 36.5 Å². The molecule has 0 bridgehead atoms. The minimum Gasteiger partial charge on any atom is -0.508 e. The molecule has 1 heterocycles. The van der Waals surface area contributed by atoms with Gasteiger partial charge in [0.1, 0.15) is 11.6 Å². The van der Waals surface area contributed by atoms with Crippen molar-refractivity contribution in [2.24, 2.45) is 0 Å². The Balaban J connectivity index is 1.72. The van der Waals surface area contributed by atoms with Crippen LogP contribution in [0.15, 0.2) is 84.4 Å². The average molecular weight is 440 g/mol. The van der Waals surface area contributed by atoms with E-state index in [-0.39, 0.29) is 11.6 Å². The molecule has 3 aromatic carbocycles. The monoisotopic (exact) mass is 439 g/mol. The number of aromatic hydroxyl groups is 1. The molecule has 1 N–H and O–H groups in total. The number of phenols is 1. The van der Waals surface area contributed by atoms with Gasteiger partial charge in [-0.2, -0.15) is 0 Å². The quantitative estimate of drug-likeness (QED) is 0.353. The van der Waals surface area contributed by atoms with Crippen molar-refractivity contribution in [2.75, 3.05) is 0 Å². The summed E-state index contributed by atoms with van der Waals surface area (Å²) in [5, 5.41) is 10.0. The average Bonchev–Trinajstić information content (AvgIpc) is 3.24. The van der Waals surface area contributed by atoms with Crippen LogP contribution in [0.25, 0.3) is 26.9 Å². The van der Waals surface area contributed by atoms with Crippen LogP contribution in [0.2, 0.25) is 0 Å². The summed E-state index contributed by atoms with van der Waals surface area (Å²) >= 11 is 1.62. The minimum atomic E-state index is -0.197. The third-order valence-electron chi connectivity index (χ3n) is 5.76. The molecule has 0 unspecified atom stereocenters. The molecule has 4 aromatic rings. The summed E-state index contributed by atoms with van der Waals surface area (Å²) in [5.41, 5.74) is 9.74. The smallest absolute Gasteiger partial charge is 0.126 e. The number of nitrogens with zero attached hydrogens (tertiary/aromatic N) is 1. The normalized spacial score (nSPS) is 17.6. The Kier molecular flexibility index (Phi) is 5.46. The molecular formula is C28H22FNOS. The highest BCUT2D eigenvalue weighted by atomic mass is 32.1. The van der Waals surface area contributed by atoms with E-state index in [0.29, 0.717) is 5.56 Å². The highest BCUT2D eigenvalue weighted by Gasteiger charge is 2.16. The molecule has 4 heteroatoms.